The fraction of sp³-hybridized carbons (Fsp3) is 0.267. The van der Waals surface area contributed by atoms with Crippen LogP contribution in [0.5, 0.6) is 0 Å². The molecule has 0 saturated carbocycles. The van der Waals surface area contributed by atoms with Gasteiger partial charge in [-0.05, 0) is 51.0 Å². The van der Waals surface area contributed by atoms with Crippen molar-refractivity contribution in [1.82, 2.24) is 0 Å². The van der Waals surface area contributed by atoms with E-state index in [9.17, 15) is 4.79 Å². The van der Waals surface area contributed by atoms with Gasteiger partial charge in [-0.2, -0.15) is 0 Å². The highest BCUT2D eigenvalue weighted by Gasteiger charge is 2.03. The normalized spacial score (nSPS) is 12.9. The van der Waals surface area contributed by atoms with Gasteiger partial charge in [0.05, 0.1) is 5.22 Å². The van der Waals surface area contributed by atoms with E-state index in [0.29, 0.717) is 10.6 Å². The van der Waals surface area contributed by atoms with Crippen LogP contribution in [0.25, 0.3) is 12.2 Å². The number of hydrogen-bond donors (Lipinski definition) is 0. The molecule has 0 aromatic carbocycles. The van der Waals surface area contributed by atoms with E-state index >= 15 is 0 Å². The quantitative estimate of drug-likeness (QED) is 0.777. The summed E-state index contributed by atoms with van der Waals surface area (Å²) in [5.74, 6) is 0. The standard InChI is InChI=1S/C15H18O2/c1-9(2)7-13-11(5)12(6)14(8-10(3)4)17-15(13)16/h7-8H,1,3H2,2,4-6H3/b13-7+,14-8+. The predicted molar refractivity (Wildman–Crippen MR) is 72.3 cm³/mol. The van der Waals surface area contributed by atoms with Crippen LogP contribution in [0.1, 0.15) is 25.0 Å². The first kappa shape index (κ1) is 13.2. The molecular weight excluding hydrogens is 212 g/mol. The maximum Gasteiger partial charge on any atom is 0.343 e. The van der Waals surface area contributed by atoms with Crippen molar-refractivity contribution in [2.24, 2.45) is 0 Å². The lowest BCUT2D eigenvalue weighted by Gasteiger charge is -2.01. The van der Waals surface area contributed by atoms with Gasteiger partial charge in [0.15, 0.2) is 0 Å². The van der Waals surface area contributed by atoms with Gasteiger partial charge < -0.3 is 4.42 Å². The highest BCUT2D eigenvalue weighted by atomic mass is 16.4. The molecule has 1 heterocycles. The predicted octanol–water partition coefficient (Wildman–Crippen LogP) is 1.97. The van der Waals surface area contributed by atoms with Crippen molar-refractivity contribution < 1.29 is 4.42 Å². The van der Waals surface area contributed by atoms with Crippen LogP contribution in [0.2, 0.25) is 0 Å². The summed E-state index contributed by atoms with van der Waals surface area (Å²) in [4.78, 5) is 11.8. The number of hydrogen-bond acceptors (Lipinski definition) is 2. The zero-order valence-electron chi connectivity index (χ0n) is 10.9. The molecule has 90 valence electrons. The molecule has 0 unspecified atom stereocenters. The molecular formula is C15H18O2. The monoisotopic (exact) mass is 230 g/mol. The lowest BCUT2D eigenvalue weighted by atomic mass is 10.1. The van der Waals surface area contributed by atoms with E-state index in [1.54, 1.807) is 12.2 Å². The van der Waals surface area contributed by atoms with Crippen LogP contribution in [0.4, 0.5) is 0 Å². The third kappa shape index (κ3) is 3.06. The molecule has 0 saturated heterocycles. The first-order chi connectivity index (χ1) is 7.82. The summed E-state index contributed by atoms with van der Waals surface area (Å²) >= 11 is 0. The minimum absolute atomic E-state index is 0.330. The highest BCUT2D eigenvalue weighted by molar-refractivity contribution is 5.47. The second kappa shape index (κ2) is 5.00. The summed E-state index contributed by atoms with van der Waals surface area (Å²) in [5.41, 5.74) is 3.82. The third-order valence-electron chi connectivity index (χ3n) is 2.53. The van der Waals surface area contributed by atoms with Crippen molar-refractivity contribution in [3.63, 3.8) is 0 Å². The number of allylic oxidation sites excluding steroid dienone is 2. The second-order valence-electron chi connectivity index (χ2n) is 4.40. The van der Waals surface area contributed by atoms with Gasteiger partial charge in [0.1, 0.15) is 5.42 Å². The average Bonchev–Trinajstić information content (AvgIpc) is 2.20. The Morgan fingerprint density at radius 1 is 1.06 bits per heavy atom. The maximum absolute atomic E-state index is 11.8. The summed E-state index contributed by atoms with van der Waals surface area (Å²) in [6.45, 7) is 15.1. The fourth-order valence-corrected chi connectivity index (χ4v) is 1.55. The SMILES string of the molecule is C=C(C)/C=c1/oc(=O)/c(=C/C(=C)C)c(C)c1C. The van der Waals surface area contributed by atoms with Gasteiger partial charge in [-0.3, -0.25) is 0 Å². The topological polar surface area (TPSA) is 30.2 Å². The summed E-state index contributed by atoms with van der Waals surface area (Å²) in [5, 5.41) is 0.578. The molecule has 0 bridgehead atoms. The summed E-state index contributed by atoms with van der Waals surface area (Å²) in [7, 11) is 0. The van der Waals surface area contributed by atoms with Crippen molar-refractivity contribution in [3.05, 3.63) is 56.5 Å². The van der Waals surface area contributed by atoms with Crippen LogP contribution in [0.15, 0.2) is 33.5 Å². The van der Waals surface area contributed by atoms with E-state index in [1.807, 2.05) is 27.7 Å². The Morgan fingerprint density at radius 2 is 1.59 bits per heavy atom. The van der Waals surface area contributed by atoms with Crippen molar-refractivity contribution in [2.45, 2.75) is 27.7 Å². The van der Waals surface area contributed by atoms with E-state index in [2.05, 4.69) is 13.2 Å². The average molecular weight is 230 g/mol. The van der Waals surface area contributed by atoms with Gasteiger partial charge in [0.25, 0.3) is 0 Å². The Kier molecular flexibility index (Phi) is 3.89. The molecule has 1 rings (SSSR count). The Bertz CT molecular complexity index is 643. The van der Waals surface area contributed by atoms with E-state index < -0.39 is 0 Å². The van der Waals surface area contributed by atoms with Crippen molar-refractivity contribution in [1.29, 1.82) is 0 Å². The van der Waals surface area contributed by atoms with Gasteiger partial charge in [-0.1, -0.05) is 24.3 Å². The molecule has 2 nitrogen and oxygen atoms in total. The van der Waals surface area contributed by atoms with Crippen molar-refractivity contribution in [3.8, 4) is 0 Å². The van der Waals surface area contributed by atoms with Crippen LogP contribution in [0.3, 0.4) is 0 Å². The van der Waals surface area contributed by atoms with Gasteiger partial charge in [-0.25, -0.2) is 4.79 Å². The molecule has 0 spiro atoms. The smallest absolute Gasteiger partial charge is 0.343 e. The van der Waals surface area contributed by atoms with Crippen molar-refractivity contribution in [2.75, 3.05) is 0 Å². The van der Waals surface area contributed by atoms with Gasteiger partial charge in [-0.15, -0.1) is 0 Å². The second-order valence-corrected chi connectivity index (χ2v) is 4.40. The lowest BCUT2D eigenvalue weighted by Crippen LogP contribution is -2.33. The zero-order valence-corrected chi connectivity index (χ0v) is 10.9. The summed E-state index contributed by atoms with van der Waals surface area (Å²) < 4.78 is 5.29. The lowest BCUT2D eigenvalue weighted by molar-refractivity contribution is 0.466. The summed E-state index contributed by atoms with van der Waals surface area (Å²) in [6.07, 6.45) is 3.52. The highest BCUT2D eigenvalue weighted by Crippen LogP contribution is 1.96. The zero-order chi connectivity index (χ0) is 13.2. The maximum atomic E-state index is 11.8. The molecule has 0 fully saturated rings. The first-order valence-electron chi connectivity index (χ1n) is 5.47. The fourth-order valence-electron chi connectivity index (χ4n) is 1.55. The van der Waals surface area contributed by atoms with Crippen LogP contribution in [-0.2, 0) is 0 Å². The molecule has 0 N–H and O–H groups in total. The van der Waals surface area contributed by atoms with E-state index in [1.165, 1.54) is 0 Å². The Balaban J connectivity index is 3.78. The van der Waals surface area contributed by atoms with Gasteiger partial charge in [0, 0.05) is 0 Å². The van der Waals surface area contributed by atoms with Crippen molar-refractivity contribution >= 4 is 12.2 Å². The van der Waals surface area contributed by atoms with E-state index in [4.69, 9.17) is 4.42 Å². The van der Waals surface area contributed by atoms with Crippen LogP contribution in [-0.4, -0.2) is 0 Å². The first-order valence-corrected chi connectivity index (χ1v) is 5.47. The number of rotatable bonds is 2. The minimum Gasteiger partial charge on any atom is -0.423 e. The van der Waals surface area contributed by atoms with Crippen LogP contribution < -0.4 is 16.3 Å². The molecule has 0 aliphatic carbocycles. The Morgan fingerprint density at radius 3 is 2.06 bits per heavy atom. The van der Waals surface area contributed by atoms with Gasteiger partial charge >= 0.3 is 5.63 Å². The van der Waals surface area contributed by atoms with Crippen LogP contribution >= 0.6 is 0 Å². The third-order valence-corrected chi connectivity index (χ3v) is 2.53. The molecule has 0 aliphatic heterocycles. The molecule has 0 radical (unpaired) electrons. The molecule has 1 aromatic rings. The van der Waals surface area contributed by atoms with Gasteiger partial charge in [0.2, 0.25) is 0 Å². The molecule has 1 aromatic heterocycles. The molecule has 2 heteroatoms. The molecule has 0 aliphatic rings. The van der Waals surface area contributed by atoms with E-state index in [-0.39, 0.29) is 5.63 Å². The van der Waals surface area contributed by atoms with E-state index in [0.717, 1.165) is 22.3 Å². The molecule has 0 atom stereocenters. The Hall–Kier alpha value is -1.83. The molecule has 17 heavy (non-hydrogen) atoms. The largest absolute Gasteiger partial charge is 0.423 e. The summed E-state index contributed by atoms with van der Waals surface area (Å²) in [6, 6.07) is 0. The van der Waals surface area contributed by atoms with Crippen LogP contribution in [0, 0.1) is 13.8 Å². The minimum atomic E-state index is -0.330. The Labute approximate surface area is 101 Å². The molecule has 0 amide bonds.